The maximum absolute atomic E-state index is 14.1. The Bertz CT molecular complexity index is 1380. The second kappa shape index (κ2) is 14.2. The Kier molecular flexibility index (Phi) is 10.4. The third-order valence-corrected chi connectivity index (χ3v) is 9.12. The number of rotatable bonds is 13. The lowest BCUT2D eigenvalue weighted by atomic mass is 10.1. The van der Waals surface area contributed by atoms with E-state index in [0.29, 0.717) is 24.5 Å². The van der Waals surface area contributed by atoms with Crippen LogP contribution in [0.15, 0.2) is 89.8 Å². The average Bonchev–Trinajstić information content (AvgIpc) is 3.50. The van der Waals surface area contributed by atoms with Gasteiger partial charge in [0.05, 0.1) is 17.2 Å². The van der Waals surface area contributed by atoms with E-state index in [4.69, 9.17) is 4.74 Å². The van der Waals surface area contributed by atoms with Crippen LogP contribution in [-0.4, -0.2) is 50.4 Å². The molecule has 3 aromatic rings. The molecule has 0 aliphatic heterocycles. The first kappa shape index (κ1) is 30.1. The summed E-state index contributed by atoms with van der Waals surface area (Å²) in [6.45, 7) is 3.92. The van der Waals surface area contributed by atoms with E-state index in [1.807, 2.05) is 44.2 Å². The molecule has 3 aromatic carbocycles. The molecule has 1 aliphatic carbocycles. The monoisotopic (exact) mass is 577 g/mol. The van der Waals surface area contributed by atoms with Crippen LogP contribution < -0.4 is 14.4 Å². The van der Waals surface area contributed by atoms with Crippen LogP contribution in [0.25, 0.3) is 0 Å². The van der Waals surface area contributed by atoms with Crippen molar-refractivity contribution in [2.45, 2.75) is 69.5 Å². The van der Waals surface area contributed by atoms with E-state index in [9.17, 15) is 18.0 Å². The van der Waals surface area contributed by atoms with Crippen LogP contribution >= 0.6 is 0 Å². The second-order valence-corrected chi connectivity index (χ2v) is 12.0. The number of hydrogen-bond donors (Lipinski definition) is 1. The molecule has 1 fully saturated rings. The van der Waals surface area contributed by atoms with Gasteiger partial charge in [0.2, 0.25) is 11.8 Å². The van der Waals surface area contributed by atoms with Crippen molar-refractivity contribution in [1.82, 2.24) is 10.2 Å². The van der Waals surface area contributed by atoms with Crippen molar-refractivity contribution in [1.29, 1.82) is 0 Å². The maximum Gasteiger partial charge on any atom is 0.264 e. The molecule has 0 spiro atoms. The van der Waals surface area contributed by atoms with Gasteiger partial charge < -0.3 is 15.0 Å². The molecule has 2 amide bonds. The molecular weight excluding hydrogens is 538 g/mol. The number of amides is 2. The van der Waals surface area contributed by atoms with Gasteiger partial charge in [-0.2, -0.15) is 0 Å². The summed E-state index contributed by atoms with van der Waals surface area (Å²) in [6.07, 6.45) is 4.39. The summed E-state index contributed by atoms with van der Waals surface area (Å²) in [5.74, 6) is -0.0714. The predicted octanol–water partition coefficient (Wildman–Crippen LogP) is 5.15. The molecule has 1 unspecified atom stereocenters. The smallest absolute Gasteiger partial charge is 0.264 e. The number of carbonyl (C=O) groups excluding carboxylic acids is 2. The van der Waals surface area contributed by atoms with Gasteiger partial charge in [-0.05, 0) is 68.1 Å². The zero-order valence-corrected chi connectivity index (χ0v) is 24.6. The Morgan fingerprint density at radius 3 is 2.10 bits per heavy atom. The molecule has 1 atom stereocenters. The molecular formula is C32H39N3O5S. The van der Waals surface area contributed by atoms with Gasteiger partial charge in [0, 0.05) is 12.6 Å². The van der Waals surface area contributed by atoms with Crippen molar-refractivity contribution in [3.8, 4) is 5.75 Å². The SMILES string of the molecule is CCOc1ccc(N(CC(=O)N(Cc2ccccc2)C(CC)C(=O)NC2CCCC2)S(=O)(=O)c2ccccc2)cc1. The number of hydrogen-bond acceptors (Lipinski definition) is 5. The van der Waals surface area contributed by atoms with Crippen LogP contribution in [0, 0.1) is 0 Å². The molecule has 0 radical (unpaired) electrons. The molecule has 1 saturated carbocycles. The highest BCUT2D eigenvalue weighted by atomic mass is 32.2. The summed E-state index contributed by atoms with van der Waals surface area (Å²) < 4.78 is 34.5. The van der Waals surface area contributed by atoms with Crippen molar-refractivity contribution in [2.75, 3.05) is 17.5 Å². The highest BCUT2D eigenvalue weighted by molar-refractivity contribution is 7.92. The summed E-state index contributed by atoms with van der Waals surface area (Å²) in [6, 6.07) is 23.5. The summed E-state index contributed by atoms with van der Waals surface area (Å²) in [7, 11) is -4.11. The minimum absolute atomic E-state index is 0.0716. The molecule has 0 aromatic heterocycles. The Balaban J connectivity index is 1.69. The zero-order chi connectivity index (χ0) is 29.2. The fourth-order valence-corrected chi connectivity index (χ4v) is 6.63. The lowest BCUT2D eigenvalue weighted by Gasteiger charge is -2.33. The minimum atomic E-state index is -4.11. The Morgan fingerprint density at radius 1 is 0.902 bits per heavy atom. The van der Waals surface area contributed by atoms with E-state index in [1.54, 1.807) is 42.5 Å². The van der Waals surface area contributed by atoms with E-state index in [2.05, 4.69) is 5.32 Å². The van der Waals surface area contributed by atoms with Gasteiger partial charge in [0.1, 0.15) is 18.3 Å². The molecule has 41 heavy (non-hydrogen) atoms. The van der Waals surface area contributed by atoms with Gasteiger partial charge >= 0.3 is 0 Å². The molecule has 0 saturated heterocycles. The first-order chi connectivity index (χ1) is 19.8. The summed E-state index contributed by atoms with van der Waals surface area (Å²) in [5, 5.41) is 3.13. The lowest BCUT2D eigenvalue weighted by Crippen LogP contribution is -2.53. The topological polar surface area (TPSA) is 96.0 Å². The van der Waals surface area contributed by atoms with E-state index in [0.717, 1.165) is 35.6 Å². The third-order valence-electron chi connectivity index (χ3n) is 7.33. The van der Waals surface area contributed by atoms with Crippen molar-refractivity contribution in [3.63, 3.8) is 0 Å². The third kappa shape index (κ3) is 7.67. The number of sulfonamides is 1. The molecule has 8 nitrogen and oxygen atoms in total. The number of nitrogens with one attached hydrogen (secondary N) is 1. The molecule has 9 heteroatoms. The van der Waals surface area contributed by atoms with Gasteiger partial charge in [0.15, 0.2) is 0 Å². The van der Waals surface area contributed by atoms with E-state index in [1.165, 1.54) is 17.0 Å². The van der Waals surface area contributed by atoms with Gasteiger partial charge in [-0.25, -0.2) is 8.42 Å². The van der Waals surface area contributed by atoms with E-state index in [-0.39, 0.29) is 23.4 Å². The first-order valence-corrected chi connectivity index (χ1v) is 15.7. The van der Waals surface area contributed by atoms with Gasteiger partial charge in [0.25, 0.3) is 10.0 Å². The fraction of sp³-hybridized carbons (Fsp3) is 0.375. The highest BCUT2D eigenvalue weighted by Gasteiger charge is 2.34. The van der Waals surface area contributed by atoms with Crippen molar-refractivity contribution in [2.24, 2.45) is 0 Å². The Morgan fingerprint density at radius 2 is 1.51 bits per heavy atom. The van der Waals surface area contributed by atoms with Crippen LogP contribution in [0.3, 0.4) is 0 Å². The Hall–Kier alpha value is -3.85. The summed E-state index contributed by atoms with van der Waals surface area (Å²) in [4.78, 5) is 29.2. The summed E-state index contributed by atoms with van der Waals surface area (Å²) in [5.41, 5.74) is 1.18. The quantitative estimate of drug-likeness (QED) is 0.303. The number of carbonyl (C=O) groups is 2. The molecule has 0 heterocycles. The summed E-state index contributed by atoms with van der Waals surface area (Å²) >= 11 is 0. The van der Waals surface area contributed by atoms with Crippen molar-refractivity contribution >= 4 is 27.5 Å². The molecule has 0 bridgehead atoms. The van der Waals surface area contributed by atoms with E-state index >= 15 is 0 Å². The molecule has 4 rings (SSSR count). The van der Waals surface area contributed by atoms with E-state index < -0.39 is 28.5 Å². The van der Waals surface area contributed by atoms with Gasteiger partial charge in [-0.15, -0.1) is 0 Å². The van der Waals surface area contributed by atoms with Crippen LogP contribution in [0.2, 0.25) is 0 Å². The van der Waals surface area contributed by atoms with Gasteiger partial charge in [-0.1, -0.05) is 68.3 Å². The highest BCUT2D eigenvalue weighted by Crippen LogP contribution is 2.27. The van der Waals surface area contributed by atoms with Crippen LogP contribution in [-0.2, 0) is 26.2 Å². The largest absolute Gasteiger partial charge is 0.494 e. The minimum Gasteiger partial charge on any atom is -0.494 e. The molecule has 1 aliphatic rings. The standard InChI is InChI=1S/C32H39N3O5S/c1-3-30(32(37)33-26-15-11-12-16-26)34(23-25-13-7-5-8-14-25)31(36)24-35(27-19-21-28(22-20-27)40-4-2)41(38,39)29-17-9-6-10-18-29/h5-10,13-14,17-22,26,30H,3-4,11-12,15-16,23-24H2,1-2H3,(H,33,37). The maximum atomic E-state index is 14.1. The van der Waals surface area contributed by atoms with Crippen molar-refractivity contribution in [3.05, 3.63) is 90.5 Å². The number of ether oxygens (including phenoxy) is 1. The average molecular weight is 578 g/mol. The van der Waals surface area contributed by atoms with Crippen LogP contribution in [0.5, 0.6) is 5.75 Å². The molecule has 1 N–H and O–H groups in total. The number of anilines is 1. The van der Waals surface area contributed by atoms with Gasteiger partial charge in [-0.3, -0.25) is 13.9 Å². The first-order valence-electron chi connectivity index (χ1n) is 14.3. The molecule has 218 valence electrons. The zero-order valence-electron chi connectivity index (χ0n) is 23.7. The normalized spacial score (nSPS) is 14.3. The predicted molar refractivity (Wildman–Crippen MR) is 160 cm³/mol. The van der Waals surface area contributed by atoms with Crippen LogP contribution in [0.4, 0.5) is 5.69 Å². The second-order valence-electron chi connectivity index (χ2n) is 10.2. The number of nitrogens with zero attached hydrogens (tertiary/aromatic N) is 2. The van der Waals surface area contributed by atoms with Crippen LogP contribution in [0.1, 0.15) is 51.5 Å². The number of benzene rings is 3. The fourth-order valence-electron chi connectivity index (χ4n) is 5.19. The lowest BCUT2D eigenvalue weighted by molar-refractivity contribution is -0.140. The van der Waals surface area contributed by atoms with Crippen molar-refractivity contribution < 1.29 is 22.7 Å². The Labute approximate surface area is 243 Å².